The van der Waals surface area contributed by atoms with Gasteiger partial charge in [0.2, 0.25) is 0 Å². The highest BCUT2D eigenvalue weighted by atomic mass is 32.2. The highest BCUT2D eigenvalue weighted by Crippen LogP contribution is 2.41. The molecule has 1 N–H and O–H groups in total. The molecule has 0 spiro atoms. The molecule has 0 amide bonds. The molecule has 0 fully saturated rings. The van der Waals surface area contributed by atoms with Crippen molar-refractivity contribution in [2.24, 2.45) is 0 Å². The van der Waals surface area contributed by atoms with Crippen molar-refractivity contribution in [3.05, 3.63) is 53.3 Å². The highest BCUT2D eigenvalue weighted by Gasteiger charge is 2.32. The Labute approximate surface area is 162 Å². The zero-order valence-electron chi connectivity index (χ0n) is 13.4. The van der Waals surface area contributed by atoms with Gasteiger partial charge in [-0.25, -0.2) is 9.37 Å². The van der Waals surface area contributed by atoms with Crippen LogP contribution in [0.2, 0.25) is 0 Å². The number of aliphatic carboxylic acids is 1. The smallest absolute Gasteiger partial charge is 0.304 e. The lowest BCUT2D eigenvalue weighted by atomic mass is 10.2. The lowest BCUT2D eigenvalue weighted by Gasteiger charge is -2.35. The van der Waals surface area contributed by atoms with Gasteiger partial charge in [-0.05, 0) is 24.3 Å². The molecule has 4 rings (SSSR count). The fourth-order valence-corrected chi connectivity index (χ4v) is 5.42. The van der Waals surface area contributed by atoms with Crippen LogP contribution in [0, 0.1) is 5.82 Å². The van der Waals surface area contributed by atoms with E-state index in [1.807, 2.05) is 29.2 Å². The van der Waals surface area contributed by atoms with E-state index in [2.05, 4.69) is 4.98 Å². The molecule has 0 bridgehead atoms. The molecule has 8 heteroatoms. The van der Waals surface area contributed by atoms with Gasteiger partial charge in [-0.2, -0.15) is 0 Å². The molecular weight excluding hydrogens is 391 g/mol. The van der Waals surface area contributed by atoms with Crippen LogP contribution >= 0.6 is 35.3 Å². The number of aromatic nitrogens is 1. The van der Waals surface area contributed by atoms with E-state index in [-0.39, 0.29) is 17.5 Å². The predicted octanol–water partition coefficient (Wildman–Crippen LogP) is 4.72. The van der Waals surface area contributed by atoms with E-state index < -0.39 is 5.97 Å². The highest BCUT2D eigenvalue weighted by molar-refractivity contribution is 8.02. The first-order valence-corrected chi connectivity index (χ1v) is 9.95. The summed E-state index contributed by atoms with van der Waals surface area (Å²) in [5, 5.41) is 9.70. The number of hydrogen-bond acceptors (Lipinski definition) is 5. The normalized spacial score (nSPS) is 16.7. The van der Waals surface area contributed by atoms with Gasteiger partial charge in [-0.3, -0.25) is 4.79 Å². The minimum atomic E-state index is -0.875. The van der Waals surface area contributed by atoms with Gasteiger partial charge >= 0.3 is 5.97 Å². The first-order chi connectivity index (χ1) is 12.5. The van der Waals surface area contributed by atoms with Gasteiger partial charge in [0.25, 0.3) is 0 Å². The molecule has 1 aliphatic heterocycles. The molecule has 3 aromatic rings. The van der Waals surface area contributed by atoms with Crippen molar-refractivity contribution in [2.75, 3.05) is 4.90 Å². The van der Waals surface area contributed by atoms with E-state index in [1.165, 1.54) is 35.2 Å². The largest absolute Gasteiger partial charge is 0.481 e. The second kappa shape index (κ2) is 6.94. The van der Waals surface area contributed by atoms with Crippen molar-refractivity contribution in [1.29, 1.82) is 0 Å². The third kappa shape index (κ3) is 3.32. The zero-order valence-corrected chi connectivity index (χ0v) is 15.8. The fourth-order valence-electron chi connectivity index (χ4n) is 2.88. The maximum atomic E-state index is 13.4. The Morgan fingerprint density at radius 3 is 2.92 bits per heavy atom. The van der Waals surface area contributed by atoms with E-state index in [4.69, 9.17) is 12.2 Å². The standard InChI is InChI=1S/C18H13FN2O2S3/c19-10-5-6-13-11(7-10)20-16(26-13)9-21-12-3-1-2-4-14(12)25-15(18(21)24)8-17(22)23/h1-7,15H,8-9H2,(H,22,23). The number of fused-ring (bicyclic) bond motifs is 2. The number of carbonyl (C=O) groups is 1. The van der Waals surface area contributed by atoms with Crippen LogP contribution in [0.5, 0.6) is 0 Å². The number of carboxylic acids is 1. The summed E-state index contributed by atoms with van der Waals surface area (Å²) in [7, 11) is 0. The summed E-state index contributed by atoms with van der Waals surface area (Å²) < 4.78 is 14.3. The quantitative estimate of drug-likeness (QED) is 0.635. The molecule has 1 atom stereocenters. The summed E-state index contributed by atoms with van der Waals surface area (Å²) in [6.07, 6.45) is -0.0284. The second-order valence-corrected chi connectivity index (χ2v) is 8.59. The maximum absolute atomic E-state index is 13.4. The van der Waals surface area contributed by atoms with Gasteiger partial charge in [0.1, 0.15) is 10.8 Å². The molecule has 1 aliphatic rings. The van der Waals surface area contributed by atoms with Gasteiger partial charge in [0.15, 0.2) is 0 Å². The van der Waals surface area contributed by atoms with Gasteiger partial charge in [-0.1, -0.05) is 24.4 Å². The summed E-state index contributed by atoms with van der Waals surface area (Å²) in [4.78, 5) is 19.2. The second-order valence-electron chi connectivity index (χ2n) is 5.82. The first kappa shape index (κ1) is 17.4. The predicted molar refractivity (Wildman–Crippen MR) is 107 cm³/mol. The number of nitrogens with zero attached hydrogens (tertiary/aromatic N) is 2. The van der Waals surface area contributed by atoms with E-state index in [0.29, 0.717) is 17.0 Å². The summed E-state index contributed by atoms with van der Waals surface area (Å²) in [5.41, 5.74) is 1.58. The number of para-hydroxylation sites is 1. The zero-order chi connectivity index (χ0) is 18.3. The molecule has 2 aromatic carbocycles. The molecule has 0 saturated carbocycles. The van der Waals surface area contributed by atoms with Crippen LogP contribution < -0.4 is 4.90 Å². The summed E-state index contributed by atoms with van der Waals surface area (Å²) in [6, 6.07) is 12.4. The van der Waals surface area contributed by atoms with E-state index >= 15 is 0 Å². The van der Waals surface area contributed by atoms with E-state index in [0.717, 1.165) is 20.3 Å². The van der Waals surface area contributed by atoms with Gasteiger partial charge in [-0.15, -0.1) is 23.1 Å². The van der Waals surface area contributed by atoms with Crippen molar-refractivity contribution in [3.63, 3.8) is 0 Å². The molecule has 2 heterocycles. The summed E-state index contributed by atoms with van der Waals surface area (Å²) in [6.45, 7) is 0.438. The van der Waals surface area contributed by atoms with Crippen LogP contribution in [0.4, 0.5) is 10.1 Å². The number of benzene rings is 2. The van der Waals surface area contributed by atoms with Crippen molar-refractivity contribution in [3.8, 4) is 0 Å². The molecule has 1 unspecified atom stereocenters. The average Bonchev–Trinajstić information content (AvgIpc) is 2.99. The van der Waals surface area contributed by atoms with Gasteiger partial charge in [0, 0.05) is 11.0 Å². The third-order valence-electron chi connectivity index (χ3n) is 4.01. The van der Waals surface area contributed by atoms with Crippen LogP contribution in [0.25, 0.3) is 10.2 Å². The Balaban J connectivity index is 1.70. The van der Waals surface area contributed by atoms with Crippen LogP contribution in [-0.4, -0.2) is 26.3 Å². The lowest BCUT2D eigenvalue weighted by Crippen LogP contribution is -2.40. The molecule has 26 heavy (non-hydrogen) atoms. The van der Waals surface area contributed by atoms with Crippen molar-refractivity contribution in [1.82, 2.24) is 4.98 Å². The van der Waals surface area contributed by atoms with E-state index in [1.54, 1.807) is 6.07 Å². The topological polar surface area (TPSA) is 53.4 Å². The molecular formula is C18H13FN2O2S3. The Morgan fingerprint density at radius 1 is 1.31 bits per heavy atom. The van der Waals surface area contributed by atoms with Gasteiger partial charge < -0.3 is 10.0 Å². The number of thiazole rings is 1. The minimum absolute atomic E-state index is 0.0284. The SMILES string of the molecule is O=C(O)CC1Sc2ccccc2N(Cc2nc3cc(F)ccc3s2)C1=S. The number of anilines is 1. The lowest BCUT2D eigenvalue weighted by molar-refractivity contribution is -0.136. The number of thiocarbonyl (C=S) groups is 1. The number of halogens is 1. The Kier molecular flexibility index (Phi) is 4.64. The molecule has 1 aromatic heterocycles. The number of carboxylic acid groups (broad SMARTS) is 1. The van der Waals surface area contributed by atoms with E-state index in [9.17, 15) is 14.3 Å². The van der Waals surface area contributed by atoms with Gasteiger partial charge in [0.05, 0.1) is 39.1 Å². The minimum Gasteiger partial charge on any atom is -0.481 e. The Hall–Kier alpha value is -2.03. The number of rotatable bonds is 4. The first-order valence-electron chi connectivity index (χ1n) is 7.85. The monoisotopic (exact) mass is 404 g/mol. The Morgan fingerprint density at radius 2 is 2.12 bits per heavy atom. The number of thioether (sulfide) groups is 1. The van der Waals surface area contributed by atoms with Crippen molar-refractivity contribution < 1.29 is 14.3 Å². The molecule has 0 saturated heterocycles. The molecule has 4 nitrogen and oxygen atoms in total. The fraction of sp³-hybridized carbons (Fsp3) is 0.167. The van der Waals surface area contributed by atoms with Crippen LogP contribution in [-0.2, 0) is 11.3 Å². The average molecular weight is 405 g/mol. The van der Waals surface area contributed by atoms with Crippen LogP contribution in [0.15, 0.2) is 47.4 Å². The molecule has 0 aliphatic carbocycles. The van der Waals surface area contributed by atoms with Crippen molar-refractivity contribution >= 4 is 62.2 Å². The van der Waals surface area contributed by atoms with Crippen LogP contribution in [0.1, 0.15) is 11.4 Å². The molecule has 132 valence electrons. The number of hydrogen-bond donors (Lipinski definition) is 1. The summed E-state index contributed by atoms with van der Waals surface area (Å²) >= 11 is 8.58. The van der Waals surface area contributed by atoms with Crippen LogP contribution in [0.3, 0.4) is 0 Å². The Bertz CT molecular complexity index is 1020. The maximum Gasteiger partial charge on any atom is 0.304 e. The summed E-state index contributed by atoms with van der Waals surface area (Å²) in [5.74, 6) is -1.19. The third-order valence-corrected chi connectivity index (χ3v) is 6.96. The molecule has 0 radical (unpaired) electrons. The van der Waals surface area contributed by atoms with Crippen molar-refractivity contribution in [2.45, 2.75) is 23.1 Å².